The van der Waals surface area contributed by atoms with Crippen LogP contribution >= 0.6 is 0 Å². The Morgan fingerprint density at radius 3 is 1.22 bits per heavy atom. The summed E-state index contributed by atoms with van der Waals surface area (Å²) in [6.07, 6.45) is -25.2. The normalized spacial score (nSPS) is 18.6. The Labute approximate surface area is 616 Å². The highest BCUT2D eigenvalue weighted by molar-refractivity contribution is 6.10. The second-order valence-electron chi connectivity index (χ2n) is 23.9. The van der Waals surface area contributed by atoms with Crippen molar-refractivity contribution in [1.29, 1.82) is 0 Å². The molecule has 0 amide bonds. The van der Waals surface area contributed by atoms with Crippen LogP contribution in [0.15, 0.2) is 66.7 Å². The van der Waals surface area contributed by atoms with Crippen molar-refractivity contribution in [1.82, 2.24) is 0 Å². The van der Waals surface area contributed by atoms with E-state index in [1.807, 2.05) is 0 Å². The number of phenolic OH excluding ortho intramolecular Hbond substituents is 23. The molecule has 0 saturated carbocycles. The molecule has 3 heterocycles. The van der Waals surface area contributed by atoms with Crippen LogP contribution in [-0.2, 0) is 47.4 Å². The van der Waals surface area contributed by atoms with E-state index < -0.39 is 333 Å². The number of aliphatic hydroxyl groups is 2. The Kier molecular flexibility index (Phi) is 20.2. The lowest BCUT2D eigenvalue weighted by Crippen LogP contribution is -2.62. The highest BCUT2D eigenvalue weighted by Gasteiger charge is 2.54. The van der Waals surface area contributed by atoms with Crippen molar-refractivity contribution in [3.8, 4) is 166 Å². The molecule has 0 aliphatic carbocycles. The molecule has 8 aromatic rings. The summed E-state index contributed by atoms with van der Waals surface area (Å²) in [6, 6.07) is 3.84. The molecule has 1 fully saturated rings. The molecule has 586 valence electrons. The first kappa shape index (κ1) is 77.4. The van der Waals surface area contributed by atoms with Gasteiger partial charge in [-0.2, -0.15) is 0 Å². The maximum absolute atomic E-state index is 14.7. The molecule has 8 aromatic carbocycles. The van der Waals surface area contributed by atoms with Gasteiger partial charge in [0.15, 0.2) is 146 Å². The first-order valence-electron chi connectivity index (χ1n) is 30.9. The molecule has 11 rings (SSSR count). The predicted molar refractivity (Wildman–Crippen MR) is 347 cm³/mol. The lowest BCUT2D eigenvalue weighted by Gasteiger charge is -2.42. The van der Waals surface area contributed by atoms with E-state index in [0.717, 1.165) is 0 Å². The van der Waals surface area contributed by atoms with Crippen molar-refractivity contribution in [2.75, 3.05) is 13.2 Å². The lowest BCUT2D eigenvalue weighted by atomic mass is 9.92. The molecular weight excluding hydrogens is 1520 g/mol. The standard InChI is InChI=1S/C68H50O44/c69-12-35(57(109-60(95)15-1-23(70)41(81)24(71)2-15)56-33(80)13-103-63(98)18-7-28(75)44(84)49(89)37(18)39-20(65(100)108-56)9-30(77)46(86)51(39)91)106-67(102)22-11-32(79)48(88)53(93)55(22)105-34-6-17(5-27(74)43(34)83)62(97)112-68-54(94)59(111-61(96)16-3-25(72)42(82)26(73)4-16)58-36(107-68)14-104-64(99)19-8-29(76)45(85)50(90)38(19)40-21(66(101)110-58)10-31(78)47(87)52(40)92/h1-12,33,35-36,54,56-59,68,70-94H,13-14H2/t33-,35+,36+,54-,56-,57-,58-,59-,68+/m0/s1. The minimum absolute atomic E-state index is 0.136. The SMILES string of the molecule is O=C[C@@H](OC(=O)c1cc(O)c(O)c(O)c1Oc1cc(C(=O)O[C@H]2O[C@@H]3COC(=O)c4cc(O)c(O)c(O)c4-c4c(cc(O)c(O)c4O)C(=O)O[C@@H]3[C@@H](OC(=O)c3cc(O)c(O)c(O)c3)[C@@H]2O)cc(O)c1O)[C@H](OC(=O)c1cc(O)c(O)c(O)c1)[C@H]1OC(=O)c2cc(O)c(O)c(O)c2-c2c(cc(O)c(O)c2O)C(=O)OC[C@@H]1O. The fourth-order valence-corrected chi connectivity index (χ4v) is 11.4. The van der Waals surface area contributed by atoms with Crippen LogP contribution in [0.4, 0.5) is 0 Å². The molecule has 44 heteroatoms. The summed E-state index contributed by atoms with van der Waals surface area (Å²) in [5.41, 5.74) is -14.0. The summed E-state index contributed by atoms with van der Waals surface area (Å²) in [5, 5.41) is 270. The molecule has 25 N–H and O–H groups in total. The first-order valence-corrected chi connectivity index (χ1v) is 30.9. The number of hydrogen-bond donors (Lipinski definition) is 25. The van der Waals surface area contributed by atoms with E-state index in [-0.39, 0.29) is 12.1 Å². The number of hydrogen-bond acceptors (Lipinski definition) is 44. The monoisotopic (exact) mass is 1570 g/mol. The van der Waals surface area contributed by atoms with Crippen molar-refractivity contribution in [2.24, 2.45) is 0 Å². The predicted octanol–water partition coefficient (Wildman–Crippen LogP) is 1.61. The molecule has 112 heavy (non-hydrogen) atoms. The van der Waals surface area contributed by atoms with Crippen molar-refractivity contribution >= 4 is 54.0 Å². The zero-order chi connectivity index (χ0) is 82.1. The van der Waals surface area contributed by atoms with E-state index in [2.05, 4.69) is 0 Å². The number of cyclic esters (lactones) is 3. The number of esters is 8. The van der Waals surface area contributed by atoms with Gasteiger partial charge < -0.3 is 175 Å². The average molecular weight is 1570 g/mol. The fraction of sp³-hybridized carbons (Fsp3) is 0.162. The van der Waals surface area contributed by atoms with Gasteiger partial charge >= 0.3 is 47.8 Å². The molecule has 0 radical (unpaired) electrons. The number of carbonyl (C=O) groups is 9. The molecule has 3 aliphatic heterocycles. The number of aliphatic hydroxyl groups excluding tert-OH is 2. The maximum atomic E-state index is 14.7. The number of rotatable bonds is 13. The molecule has 0 bridgehead atoms. The van der Waals surface area contributed by atoms with Crippen LogP contribution in [0.2, 0.25) is 0 Å². The number of carbonyl (C=O) groups excluding carboxylic acids is 9. The van der Waals surface area contributed by atoms with E-state index in [0.29, 0.717) is 54.6 Å². The van der Waals surface area contributed by atoms with Gasteiger partial charge in [-0.3, -0.25) is 4.79 Å². The van der Waals surface area contributed by atoms with E-state index in [4.69, 9.17) is 47.4 Å². The van der Waals surface area contributed by atoms with Gasteiger partial charge in [-0.1, -0.05) is 0 Å². The number of phenols is 23. The third-order valence-electron chi connectivity index (χ3n) is 16.9. The fourth-order valence-electron chi connectivity index (χ4n) is 11.4. The minimum Gasteiger partial charge on any atom is -0.504 e. The average Bonchev–Trinajstić information content (AvgIpc) is 1.07. The maximum Gasteiger partial charge on any atom is 0.343 e. The van der Waals surface area contributed by atoms with Crippen LogP contribution in [0.3, 0.4) is 0 Å². The highest BCUT2D eigenvalue weighted by atomic mass is 16.7. The number of benzene rings is 8. The van der Waals surface area contributed by atoms with Crippen molar-refractivity contribution in [2.45, 2.75) is 55.1 Å². The second-order valence-corrected chi connectivity index (χ2v) is 23.9. The van der Waals surface area contributed by atoms with Gasteiger partial charge in [0.1, 0.15) is 31.0 Å². The molecule has 3 aliphatic rings. The largest absolute Gasteiger partial charge is 0.504 e. The molecular formula is C68H50O44. The quantitative estimate of drug-likeness (QED) is 0.0337. The third-order valence-corrected chi connectivity index (χ3v) is 16.9. The molecule has 0 aromatic heterocycles. The Bertz CT molecular complexity index is 5320. The Hall–Kier alpha value is -15.7. The van der Waals surface area contributed by atoms with Gasteiger partial charge in [0.25, 0.3) is 0 Å². The Balaban J connectivity index is 0.952. The van der Waals surface area contributed by atoms with Crippen molar-refractivity contribution in [3.05, 3.63) is 111 Å². The van der Waals surface area contributed by atoms with Crippen LogP contribution < -0.4 is 4.74 Å². The topological polar surface area (TPSA) is 752 Å². The van der Waals surface area contributed by atoms with Gasteiger partial charge in [-0.15, -0.1) is 0 Å². The Morgan fingerprint density at radius 2 is 0.768 bits per heavy atom. The van der Waals surface area contributed by atoms with Crippen molar-refractivity contribution < 1.29 is 218 Å². The van der Waals surface area contributed by atoms with Gasteiger partial charge in [-0.05, 0) is 60.7 Å². The summed E-state index contributed by atoms with van der Waals surface area (Å²) in [5.74, 6) is -51.0. The zero-order valence-electron chi connectivity index (χ0n) is 55.0. The van der Waals surface area contributed by atoms with Gasteiger partial charge in [0, 0.05) is 28.3 Å². The number of ether oxygens (including phenoxy) is 10. The molecule has 0 unspecified atom stereocenters. The third kappa shape index (κ3) is 13.7. The number of aldehydes is 1. The van der Waals surface area contributed by atoms with Gasteiger partial charge in [0.05, 0.1) is 38.9 Å². The molecule has 44 nitrogen and oxygen atoms in total. The number of fused-ring (bicyclic) bond motifs is 7. The summed E-state index contributed by atoms with van der Waals surface area (Å²) in [7, 11) is 0. The summed E-state index contributed by atoms with van der Waals surface area (Å²) < 4.78 is 54.3. The summed E-state index contributed by atoms with van der Waals surface area (Å²) in [6.45, 7) is -2.97. The molecule has 9 atom stereocenters. The van der Waals surface area contributed by atoms with Crippen LogP contribution in [0.1, 0.15) is 82.9 Å². The van der Waals surface area contributed by atoms with E-state index in [9.17, 15) is 171 Å². The smallest absolute Gasteiger partial charge is 0.343 e. The van der Waals surface area contributed by atoms with Crippen molar-refractivity contribution in [3.63, 3.8) is 0 Å². The lowest BCUT2D eigenvalue weighted by molar-refractivity contribution is -0.283. The van der Waals surface area contributed by atoms with Gasteiger partial charge in [-0.25, -0.2) is 38.4 Å². The van der Waals surface area contributed by atoms with E-state index in [1.165, 1.54) is 0 Å². The number of aromatic hydroxyl groups is 23. The first-order chi connectivity index (χ1) is 52.6. The highest BCUT2D eigenvalue weighted by Crippen LogP contribution is 2.56. The molecule has 0 spiro atoms. The van der Waals surface area contributed by atoms with E-state index >= 15 is 0 Å². The summed E-state index contributed by atoms with van der Waals surface area (Å²) >= 11 is 0. The summed E-state index contributed by atoms with van der Waals surface area (Å²) in [4.78, 5) is 128. The second kappa shape index (κ2) is 29.2. The van der Waals surface area contributed by atoms with Crippen LogP contribution in [-0.4, -0.2) is 250 Å². The molecule has 1 saturated heterocycles. The van der Waals surface area contributed by atoms with E-state index in [1.54, 1.807) is 0 Å². The Morgan fingerprint density at radius 1 is 0.393 bits per heavy atom. The van der Waals surface area contributed by atoms with Crippen LogP contribution in [0, 0.1) is 0 Å². The zero-order valence-corrected chi connectivity index (χ0v) is 55.0. The van der Waals surface area contributed by atoms with Crippen LogP contribution in [0.25, 0.3) is 22.3 Å². The van der Waals surface area contributed by atoms with Crippen LogP contribution in [0.5, 0.6) is 144 Å². The van der Waals surface area contributed by atoms with Gasteiger partial charge in [0.2, 0.25) is 46.5 Å². The minimum atomic E-state index is -3.03.